The second-order valence-corrected chi connectivity index (χ2v) is 9.15. The number of carbonyl (C=O) groups is 1. The Balaban J connectivity index is 1.53. The van der Waals surface area contributed by atoms with Gasteiger partial charge in [-0.05, 0) is 73.7 Å². The predicted octanol–water partition coefficient (Wildman–Crippen LogP) is 6.24. The highest BCUT2D eigenvalue weighted by Gasteiger charge is 2.41. The van der Waals surface area contributed by atoms with Crippen LogP contribution in [-0.4, -0.2) is 29.7 Å². The van der Waals surface area contributed by atoms with Crippen molar-refractivity contribution in [3.8, 4) is 5.75 Å². The molecule has 0 aromatic heterocycles. The number of carbonyl (C=O) groups excluding carboxylic acids is 1. The number of phenolic OH excluding ortho intramolecular Hbond substituents is 1. The highest BCUT2D eigenvalue weighted by Crippen LogP contribution is 2.44. The number of ketones is 1. The Labute approximate surface area is 201 Å². The zero-order valence-corrected chi connectivity index (χ0v) is 19.7. The molecule has 0 amide bonds. The smallest absolute Gasteiger partial charge is 0.144 e. The van der Waals surface area contributed by atoms with Crippen molar-refractivity contribution in [2.24, 2.45) is 10.9 Å². The largest absolute Gasteiger partial charge is 0.508 e. The van der Waals surface area contributed by atoms with Crippen LogP contribution in [0.25, 0.3) is 0 Å². The Kier molecular flexibility index (Phi) is 6.10. The molecule has 3 unspecified atom stereocenters. The number of aromatic hydroxyl groups is 1. The van der Waals surface area contributed by atoms with E-state index in [1.54, 1.807) is 12.1 Å². The highest BCUT2D eigenvalue weighted by molar-refractivity contribution is 6.10. The number of para-hydroxylation sites is 2. The molecule has 0 bridgehead atoms. The van der Waals surface area contributed by atoms with Gasteiger partial charge in [0.1, 0.15) is 11.5 Å². The molecule has 2 N–H and O–H groups in total. The van der Waals surface area contributed by atoms with Gasteiger partial charge in [0.25, 0.3) is 0 Å². The second kappa shape index (κ2) is 9.34. The number of hydrogen-bond acceptors (Lipinski definition) is 5. The number of nitrogens with one attached hydrogen (secondary N) is 1. The molecule has 5 nitrogen and oxygen atoms in total. The summed E-state index contributed by atoms with van der Waals surface area (Å²) in [6.45, 7) is 6.24. The number of phenols is 1. The quantitative estimate of drug-likeness (QED) is 0.480. The normalized spacial score (nSPS) is 21.5. The lowest BCUT2D eigenvalue weighted by Crippen LogP contribution is -2.38. The topological polar surface area (TPSA) is 64.9 Å². The van der Waals surface area contributed by atoms with Gasteiger partial charge in [0.15, 0.2) is 0 Å². The molecule has 174 valence electrons. The predicted molar refractivity (Wildman–Crippen MR) is 138 cm³/mol. The Morgan fingerprint density at radius 2 is 1.59 bits per heavy atom. The number of hydrogen-bond donors (Lipinski definition) is 2. The van der Waals surface area contributed by atoms with Crippen LogP contribution in [0.1, 0.15) is 49.8 Å². The Hall–Kier alpha value is -3.60. The van der Waals surface area contributed by atoms with Crippen LogP contribution in [0.4, 0.5) is 17.1 Å². The van der Waals surface area contributed by atoms with E-state index < -0.39 is 0 Å². The SMILES string of the molecule is CCN(CC)c1ccc(C2Nc3ccccc3N=C3CC(c4ccc(O)cc4)CC(=O)C32)cc1. The summed E-state index contributed by atoms with van der Waals surface area (Å²) in [4.78, 5) is 21.0. The monoisotopic (exact) mass is 453 g/mol. The molecule has 1 saturated carbocycles. The van der Waals surface area contributed by atoms with Crippen molar-refractivity contribution in [1.29, 1.82) is 0 Å². The van der Waals surface area contributed by atoms with E-state index in [0.717, 1.165) is 47.7 Å². The van der Waals surface area contributed by atoms with Crippen molar-refractivity contribution in [2.45, 2.75) is 38.6 Å². The average molecular weight is 454 g/mol. The number of fused-ring (bicyclic) bond motifs is 2. The van der Waals surface area contributed by atoms with Crippen LogP contribution in [0.15, 0.2) is 77.8 Å². The van der Waals surface area contributed by atoms with Gasteiger partial charge in [0, 0.05) is 30.9 Å². The van der Waals surface area contributed by atoms with Crippen molar-refractivity contribution in [1.82, 2.24) is 0 Å². The van der Waals surface area contributed by atoms with Gasteiger partial charge in [0.05, 0.1) is 23.3 Å². The first-order valence-corrected chi connectivity index (χ1v) is 12.2. The van der Waals surface area contributed by atoms with Crippen LogP contribution in [0, 0.1) is 5.92 Å². The standard InChI is InChI=1S/C29H31N3O2/c1-3-32(4-2)22-13-9-20(10-14-22)29-28-26(30-24-7-5-6-8-25(24)31-29)17-21(18-27(28)34)19-11-15-23(33)16-12-19/h5-16,21,28-29,31,33H,3-4,17-18H2,1-2H3. The van der Waals surface area contributed by atoms with Crippen LogP contribution in [0.3, 0.4) is 0 Å². The summed E-state index contributed by atoms with van der Waals surface area (Å²) in [6.07, 6.45) is 1.20. The van der Waals surface area contributed by atoms with Gasteiger partial charge < -0.3 is 15.3 Å². The summed E-state index contributed by atoms with van der Waals surface area (Å²) in [5.74, 6) is 0.210. The highest BCUT2D eigenvalue weighted by atomic mass is 16.3. The molecule has 0 radical (unpaired) electrons. The van der Waals surface area contributed by atoms with Gasteiger partial charge in [-0.1, -0.05) is 36.4 Å². The Bertz CT molecular complexity index is 1200. The van der Waals surface area contributed by atoms with Gasteiger partial charge in [-0.2, -0.15) is 0 Å². The van der Waals surface area contributed by atoms with E-state index >= 15 is 0 Å². The van der Waals surface area contributed by atoms with Gasteiger partial charge in [-0.3, -0.25) is 9.79 Å². The van der Waals surface area contributed by atoms with Crippen LogP contribution >= 0.6 is 0 Å². The lowest BCUT2D eigenvalue weighted by molar-refractivity contribution is -0.122. The number of anilines is 2. The zero-order valence-electron chi connectivity index (χ0n) is 19.7. The molecule has 2 aliphatic rings. The molecule has 1 heterocycles. The first kappa shape index (κ1) is 22.2. The first-order valence-electron chi connectivity index (χ1n) is 12.2. The fourth-order valence-corrected chi connectivity index (χ4v) is 5.34. The van der Waals surface area contributed by atoms with Crippen LogP contribution in [0.2, 0.25) is 0 Å². The number of benzene rings is 3. The molecule has 1 fully saturated rings. The minimum Gasteiger partial charge on any atom is -0.508 e. The molecule has 3 aromatic rings. The summed E-state index contributed by atoms with van der Waals surface area (Å²) < 4.78 is 0. The van der Waals surface area contributed by atoms with Crippen molar-refractivity contribution >= 4 is 28.6 Å². The van der Waals surface area contributed by atoms with E-state index in [9.17, 15) is 9.90 Å². The fraction of sp³-hybridized carbons (Fsp3) is 0.310. The van der Waals surface area contributed by atoms with E-state index in [0.29, 0.717) is 6.42 Å². The first-order chi connectivity index (χ1) is 16.6. The lowest BCUT2D eigenvalue weighted by Gasteiger charge is -2.34. The second-order valence-electron chi connectivity index (χ2n) is 9.15. The van der Waals surface area contributed by atoms with E-state index in [1.165, 1.54) is 5.69 Å². The molecule has 3 atom stereocenters. The lowest BCUT2D eigenvalue weighted by atomic mass is 9.72. The van der Waals surface area contributed by atoms with E-state index in [1.807, 2.05) is 36.4 Å². The molecule has 34 heavy (non-hydrogen) atoms. The van der Waals surface area contributed by atoms with Gasteiger partial charge in [-0.15, -0.1) is 0 Å². The number of Topliss-reactive ketones (excluding diaryl/α,β-unsaturated/α-hetero) is 1. The van der Waals surface area contributed by atoms with Crippen LogP contribution in [-0.2, 0) is 4.79 Å². The van der Waals surface area contributed by atoms with Gasteiger partial charge in [0.2, 0.25) is 0 Å². The summed E-state index contributed by atoms with van der Waals surface area (Å²) in [6, 6.07) is 23.7. The molecule has 3 aromatic carbocycles. The van der Waals surface area contributed by atoms with Crippen molar-refractivity contribution in [2.75, 3.05) is 23.3 Å². The third kappa shape index (κ3) is 4.18. The third-order valence-electron chi connectivity index (χ3n) is 7.17. The van der Waals surface area contributed by atoms with Crippen molar-refractivity contribution < 1.29 is 9.90 Å². The molecule has 5 heteroatoms. The van der Waals surface area contributed by atoms with Crippen molar-refractivity contribution in [3.63, 3.8) is 0 Å². The fourth-order valence-electron chi connectivity index (χ4n) is 5.34. The molecule has 1 aliphatic heterocycles. The van der Waals surface area contributed by atoms with E-state index in [2.05, 4.69) is 48.3 Å². The average Bonchev–Trinajstić information content (AvgIpc) is 3.02. The molecule has 1 aliphatic carbocycles. The minimum atomic E-state index is -0.305. The zero-order chi connectivity index (χ0) is 23.7. The maximum atomic E-state index is 13.7. The van der Waals surface area contributed by atoms with E-state index in [-0.39, 0.29) is 29.4 Å². The maximum absolute atomic E-state index is 13.7. The molecular weight excluding hydrogens is 422 g/mol. The third-order valence-corrected chi connectivity index (χ3v) is 7.17. The maximum Gasteiger partial charge on any atom is 0.144 e. The molecular formula is C29H31N3O2. The summed E-state index contributed by atoms with van der Waals surface area (Å²) in [5, 5.41) is 13.3. The molecule has 0 spiro atoms. The molecule has 5 rings (SSSR count). The Morgan fingerprint density at radius 1 is 0.912 bits per heavy atom. The summed E-state index contributed by atoms with van der Waals surface area (Å²) >= 11 is 0. The Morgan fingerprint density at radius 3 is 2.29 bits per heavy atom. The van der Waals surface area contributed by atoms with Gasteiger partial charge >= 0.3 is 0 Å². The van der Waals surface area contributed by atoms with Crippen molar-refractivity contribution in [3.05, 3.63) is 83.9 Å². The summed E-state index contributed by atoms with van der Waals surface area (Å²) in [5.41, 5.74) is 6.13. The number of aliphatic imine (C=N–C) groups is 1. The summed E-state index contributed by atoms with van der Waals surface area (Å²) in [7, 11) is 0. The minimum absolute atomic E-state index is 0.0686. The van der Waals surface area contributed by atoms with E-state index in [4.69, 9.17) is 4.99 Å². The van der Waals surface area contributed by atoms with Gasteiger partial charge in [-0.25, -0.2) is 0 Å². The van der Waals surface area contributed by atoms with Crippen LogP contribution in [0.5, 0.6) is 5.75 Å². The molecule has 0 saturated heterocycles. The number of rotatable bonds is 5. The number of nitrogens with zero attached hydrogens (tertiary/aromatic N) is 2. The van der Waals surface area contributed by atoms with Crippen LogP contribution < -0.4 is 10.2 Å².